The second-order valence-corrected chi connectivity index (χ2v) is 5.25. The highest BCUT2D eigenvalue weighted by molar-refractivity contribution is 7.11. The van der Waals surface area contributed by atoms with Gasteiger partial charge < -0.3 is 5.32 Å². The number of halogens is 1. The lowest BCUT2D eigenvalue weighted by atomic mass is 10.2. The van der Waals surface area contributed by atoms with Crippen LogP contribution in [-0.4, -0.2) is 4.98 Å². The summed E-state index contributed by atoms with van der Waals surface area (Å²) in [6.07, 6.45) is 1.85. The average molecular weight is 264 g/mol. The third-order valence-corrected chi connectivity index (χ3v) is 3.42. The Hall–Kier alpha value is -1.57. The van der Waals surface area contributed by atoms with Crippen molar-refractivity contribution in [1.82, 2.24) is 4.98 Å². The van der Waals surface area contributed by atoms with Crippen molar-refractivity contribution in [2.24, 2.45) is 0 Å². The first-order chi connectivity index (χ1) is 8.19. The second-order valence-electron chi connectivity index (χ2n) is 3.52. The standard InChI is InChI=1S/C12H10ClN3S/c1-8-6-16-12(17-8)7-15-11-3-2-9(5-14)4-10(11)13/h2-4,6,15H,7H2,1H3. The number of nitriles is 1. The van der Waals surface area contributed by atoms with E-state index >= 15 is 0 Å². The van der Waals surface area contributed by atoms with Crippen molar-refractivity contribution < 1.29 is 0 Å². The minimum absolute atomic E-state index is 0.553. The van der Waals surface area contributed by atoms with Gasteiger partial charge in [-0.25, -0.2) is 4.98 Å². The summed E-state index contributed by atoms with van der Waals surface area (Å²) in [5.41, 5.74) is 1.38. The number of hydrogen-bond acceptors (Lipinski definition) is 4. The summed E-state index contributed by atoms with van der Waals surface area (Å²) in [5, 5.41) is 13.5. The average Bonchev–Trinajstić information content (AvgIpc) is 2.73. The molecular weight excluding hydrogens is 254 g/mol. The number of nitrogens with zero attached hydrogens (tertiary/aromatic N) is 2. The highest BCUT2D eigenvalue weighted by Crippen LogP contribution is 2.23. The van der Waals surface area contributed by atoms with Gasteiger partial charge in [-0.1, -0.05) is 11.6 Å². The van der Waals surface area contributed by atoms with Crippen LogP contribution in [0.1, 0.15) is 15.4 Å². The quantitative estimate of drug-likeness (QED) is 0.921. The highest BCUT2D eigenvalue weighted by atomic mass is 35.5. The van der Waals surface area contributed by atoms with E-state index in [9.17, 15) is 0 Å². The molecule has 0 aliphatic rings. The van der Waals surface area contributed by atoms with Crippen molar-refractivity contribution in [3.05, 3.63) is 44.9 Å². The number of benzene rings is 1. The molecule has 1 aromatic heterocycles. The van der Waals surface area contributed by atoms with Crippen LogP contribution in [0.15, 0.2) is 24.4 Å². The number of aromatic nitrogens is 1. The third kappa shape index (κ3) is 2.96. The lowest BCUT2D eigenvalue weighted by Gasteiger charge is -2.06. The Morgan fingerprint density at radius 2 is 2.35 bits per heavy atom. The molecule has 0 atom stereocenters. The first-order valence-corrected chi connectivity index (χ1v) is 6.23. The predicted octanol–water partition coefficient (Wildman–Crippen LogP) is 3.59. The lowest BCUT2D eigenvalue weighted by molar-refractivity contribution is 1.10. The summed E-state index contributed by atoms with van der Waals surface area (Å²) in [7, 11) is 0. The lowest BCUT2D eigenvalue weighted by Crippen LogP contribution is -1.99. The maximum Gasteiger partial charge on any atom is 0.112 e. The molecular formula is C12H10ClN3S. The molecule has 1 aromatic carbocycles. The molecule has 5 heteroatoms. The maximum absolute atomic E-state index is 8.73. The Morgan fingerprint density at radius 3 is 2.94 bits per heavy atom. The van der Waals surface area contributed by atoms with Crippen molar-refractivity contribution in [3.63, 3.8) is 0 Å². The van der Waals surface area contributed by atoms with Gasteiger partial charge in [-0.05, 0) is 25.1 Å². The van der Waals surface area contributed by atoms with Crippen LogP contribution in [0, 0.1) is 18.3 Å². The highest BCUT2D eigenvalue weighted by Gasteiger charge is 2.03. The Bertz CT molecular complexity index is 571. The topological polar surface area (TPSA) is 48.7 Å². The van der Waals surface area contributed by atoms with E-state index in [4.69, 9.17) is 16.9 Å². The van der Waals surface area contributed by atoms with Gasteiger partial charge in [0.25, 0.3) is 0 Å². The monoisotopic (exact) mass is 263 g/mol. The molecule has 1 heterocycles. The molecule has 2 rings (SSSR count). The molecule has 0 spiro atoms. The molecule has 0 radical (unpaired) electrons. The molecule has 1 N–H and O–H groups in total. The molecule has 0 fully saturated rings. The first-order valence-electron chi connectivity index (χ1n) is 5.04. The fraction of sp³-hybridized carbons (Fsp3) is 0.167. The molecule has 17 heavy (non-hydrogen) atoms. The van der Waals surface area contributed by atoms with E-state index < -0.39 is 0 Å². The summed E-state index contributed by atoms with van der Waals surface area (Å²) in [4.78, 5) is 5.44. The van der Waals surface area contributed by atoms with Crippen LogP contribution in [0.4, 0.5) is 5.69 Å². The Morgan fingerprint density at radius 1 is 1.53 bits per heavy atom. The maximum atomic E-state index is 8.73. The zero-order valence-electron chi connectivity index (χ0n) is 9.20. The van der Waals surface area contributed by atoms with Gasteiger partial charge in [-0.15, -0.1) is 11.3 Å². The van der Waals surface area contributed by atoms with Gasteiger partial charge in [0.05, 0.1) is 28.9 Å². The van der Waals surface area contributed by atoms with Crippen LogP contribution in [0.2, 0.25) is 5.02 Å². The van der Waals surface area contributed by atoms with Crippen LogP contribution in [0.5, 0.6) is 0 Å². The smallest absolute Gasteiger partial charge is 0.112 e. The Labute approximate surface area is 109 Å². The molecule has 0 bridgehead atoms. The van der Waals surface area contributed by atoms with E-state index in [0.717, 1.165) is 10.7 Å². The molecule has 0 aliphatic heterocycles. The zero-order valence-corrected chi connectivity index (χ0v) is 10.8. The molecule has 86 valence electrons. The van der Waals surface area contributed by atoms with Crippen molar-refractivity contribution >= 4 is 28.6 Å². The number of thiazole rings is 1. The minimum Gasteiger partial charge on any atom is -0.377 e. The van der Waals surface area contributed by atoms with Crippen molar-refractivity contribution in [1.29, 1.82) is 5.26 Å². The van der Waals surface area contributed by atoms with Crippen LogP contribution in [0.25, 0.3) is 0 Å². The van der Waals surface area contributed by atoms with Crippen LogP contribution in [0.3, 0.4) is 0 Å². The van der Waals surface area contributed by atoms with Crippen molar-refractivity contribution in [2.45, 2.75) is 13.5 Å². The first kappa shape index (κ1) is 11.9. The van der Waals surface area contributed by atoms with Gasteiger partial charge in [0.15, 0.2) is 0 Å². The van der Waals surface area contributed by atoms with E-state index in [1.807, 2.05) is 19.2 Å². The number of aryl methyl sites for hydroxylation is 1. The summed E-state index contributed by atoms with van der Waals surface area (Å²) < 4.78 is 0. The molecule has 0 aliphatic carbocycles. The number of rotatable bonds is 3. The van der Waals surface area contributed by atoms with Crippen LogP contribution < -0.4 is 5.32 Å². The number of nitrogens with one attached hydrogen (secondary N) is 1. The Balaban J connectivity index is 2.07. The number of anilines is 1. The Kier molecular flexibility index (Phi) is 3.62. The SMILES string of the molecule is Cc1cnc(CNc2ccc(C#N)cc2Cl)s1. The molecule has 0 saturated carbocycles. The summed E-state index contributed by atoms with van der Waals surface area (Å²) in [6.45, 7) is 2.67. The molecule has 0 amide bonds. The minimum atomic E-state index is 0.553. The van der Waals surface area contributed by atoms with Crippen LogP contribution >= 0.6 is 22.9 Å². The van der Waals surface area contributed by atoms with Gasteiger partial charge >= 0.3 is 0 Å². The van der Waals surface area contributed by atoms with Gasteiger partial charge in [0, 0.05) is 11.1 Å². The fourth-order valence-corrected chi connectivity index (χ4v) is 2.36. The van der Waals surface area contributed by atoms with Gasteiger partial charge in [-0.3, -0.25) is 0 Å². The van der Waals surface area contributed by atoms with Crippen LogP contribution in [-0.2, 0) is 6.54 Å². The van der Waals surface area contributed by atoms with Gasteiger partial charge in [0.2, 0.25) is 0 Å². The zero-order chi connectivity index (χ0) is 12.3. The molecule has 3 nitrogen and oxygen atoms in total. The van der Waals surface area contributed by atoms with E-state index in [2.05, 4.69) is 10.3 Å². The van der Waals surface area contributed by atoms with Crippen molar-refractivity contribution in [2.75, 3.05) is 5.32 Å². The summed E-state index contributed by atoms with van der Waals surface area (Å²) in [6, 6.07) is 7.24. The predicted molar refractivity (Wildman–Crippen MR) is 70.3 cm³/mol. The largest absolute Gasteiger partial charge is 0.377 e. The van der Waals surface area contributed by atoms with E-state index in [-0.39, 0.29) is 0 Å². The van der Waals surface area contributed by atoms with E-state index in [0.29, 0.717) is 17.1 Å². The van der Waals surface area contributed by atoms with E-state index in [1.54, 1.807) is 29.5 Å². The second kappa shape index (κ2) is 5.17. The normalized spacial score (nSPS) is 9.94. The van der Waals surface area contributed by atoms with Crippen molar-refractivity contribution in [3.8, 4) is 6.07 Å². The molecule has 2 aromatic rings. The van der Waals surface area contributed by atoms with E-state index in [1.165, 1.54) is 4.88 Å². The van der Waals surface area contributed by atoms with Gasteiger partial charge in [0.1, 0.15) is 5.01 Å². The fourth-order valence-electron chi connectivity index (χ4n) is 1.38. The molecule has 0 saturated heterocycles. The summed E-state index contributed by atoms with van der Waals surface area (Å²) in [5.74, 6) is 0. The number of hydrogen-bond donors (Lipinski definition) is 1. The third-order valence-electron chi connectivity index (χ3n) is 2.20. The molecule has 0 unspecified atom stereocenters. The van der Waals surface area contributed by atoms with Gasteiger partial charge in [-0.2, -0.15) is 5.26 Å². The summed E-state index contributed by atoms with van der Waals surface area (Å²) >= 11 is 7.70.